The van der Waals surface area contributed by atoms with E-state index < -0.39 is 27.3 Å². The lowest BCUT2D eigenvalue weighted by Crippen LogP contribution is -2.53. The van der Waals surface area contributed by atoms with Gasteiger partial charge in [0.05, 0.1) is 26.2 Å². The molecule has 6 nitrogen and oxygen atoms in total. The van der Waals surface area contributed by atoms with Gasteiger partial charge in [0.1, 0.15) is 5.82 Å². The minimum atomic E-state index is -3.96. The normalized spacial score (nSPS) is 16.8. The zero-order valence-corrected chi connectivity index (χ0v) is 21.5. The molecule has 10 heteroatoms. The van der Waals surface area contributed by atoms with Crippen molar-refractivity contribution in [3.8, 4) is 0 Å². The molecule has 1 N–H and O–H groups in total. The number of aryl methyl sites for hydroxylation is 1. The average molecular weight is 536 g/mol. The van der Waals surface area contributed by atoms with Crippen LogP contribution < -0.4 is 10.2 Å². The van der Waals surface area contributed by atoms with E-state index in [1.807, 2.05) is 32.0 Å². The minimum absolute atomic E-state index is 0.0755. The summed E-state index contributed by atoms with van der Waals surface area (Å²) in [4.78, 5) is 14.8. The van der Waals surface area contributed by atoms with Crippen molar-refractivity contribution in [2.24, 2.45) is 0 Å². The number of amides is 1. The highest BCUT2D eigenvalue weighted by atomic mass is 35.5. The highest BCUT2D eigenvalue weighted by molar-refractivity contribution is 7.89. The van der Waals surface area contributed by atoms with Gasteiger partial charge in [0.25, 0.3) is 5.91 Å². The first kappa shape index (κ1) is 25.4. The molecule has 0 aromatic heterocycles. The number of nitrogens with zero attached hydrogens (tertiary/aromatic N) is 2. The number of carbonyl (C=O) groups is 1. The first-order valence-corrected chi connectivity index (χ1v) is 13.2. The van der Waals surface area contributed by atoms with Crippen molar-refractivity contribution in [1.29, 1.82) is 0 Å². The Morgan fingerprint density at radius 1 is 1.06 bits per heavy atom. The van der Waals surface area contributed by atoms with Gasteiger partial charge in [-0.25, -0.2) is 12.8 Å². The molecule has 0 spiro atoms. The fourth-order valence-corrected chi connectivity index (χ4v) is 6.00. The fraction of sp³-hybridized carbons (Fsp3) is 0.240. The van der Waals surface area contributed by atoms with E-state index in [2.05, 4.69) is 16.3 Å². The van der Waals surface area contributed by atoms with Crippen LogP contribution in [0.1, 0.15) is 22.8 Å². The molecule has 184 valence electrons. The molecule has 35 heavy (non-hydrogen) atoms. The number of carbonyl (C=O) groups excluding carboxylic acids is 1. The van der Waals surface area contributed by atoms with Crippen LogP contribution in [0.3, 0.4) is 0 Å². The van der Waals surface area contributed by atoms with E-state index in [0.29, 0.717) is 6.54 Å². The van der Waals surface area contributed by atoms with E-state index in [0.717, 1.165) is 23.4 Å². The Hall–Kier alpha value is -2.65. The first-order chi connectivity index (χ1) is 16.6. The van der Waals surface area contributed by atoms with Gasteiger partial charge in [-0.2, -0.15) is 4.31 Å². The van der Waals surface area contributed by atoms with Crippen molar-refractivity contribution in [3.05, 3.63) is 87.7 Å². The summed E-state index contributed by atoms with van der Waals surface area (Å²) in [5.74, 6) is -1.68. The van der Waals surface area contributed by atoms with Crippen molar-refractivity contribution in [2.75, 3.05) is 29.9 Å². The van der Waals surface area contributed by atoms with Gasteiger partial charge in [0, 0.05) is 31.4 Å². The summed E-state index contributed by atoms with van der Waals surface area (Å²) < 4.78 is 42.7. The van der Waals surface area contributed by atoms with E-state index in [9.17, 15) is 17.6 Å². The third-order valence-corrected chi connectivity index (χ3v) is 8.62. The highest BCUT2D eigenvalue weighted by Crippen LogP contribution is 2.31. The molecule has 1 atom stereocenters. The van der Waals surface area contributed by atoms with Crippen molar-refractivity contribution in [1.82, 2.24) is 4.31 Å². The monoisotopic (exact) mass is 535 g/mol. The number of hydrogen-bond acceptors (Lipinski definition) is 4. The number of hydrogen-bond donors (Lipinski definition) is 1. The summed E-state index contributed by atoms with van der Waals surface area (Å²) in [6, 6.07) is 15.8. The molecule has 1 fully saturated rings. The van der Waals surface area contributed by atoms with Crippen LogP contribution in [-0.2, 0) is 10.0 Å². The Bertz CT molecular complexity index is 1380. The predicted octanol–water partition coefficient (Wildman–Crippen LogP) is 5.59. The maximum Gasteiger partial charge on any atom is 0.258 e. The molecular weight excluding hydrogens is 512 g/mol. The van der Waals surface area contributed by atoms with Gasteiger partial charge >= 0.3 is 0 Å². The first-order valence-electron chi connectivity index (χ1n) is 11.0. The SMILES string of the molecule is Cc1cccc(N2CCN(S(=O)(=O)c3ccc(F)c(C(=O)Nc4cccc(Cl)c4Cl)c3)C[C@@H]2C)c1. The number of halogens is 3. The molecule has 0 bridgehead atoms. The molecule has 0 aliphatic carbocycles. The number of rotatable bonds is 5. The Kier molecular flexibility index (Phi) is 7.38. The lowest BCUT2D eigenvalue weighted by Gasteiger charge is -2.40. The van der Waals surface area contributed by atoms with Crippen LogP contribution in [0, 0.1) is 12.7 Å². The van der Waals surface area contributed by atoms with Crippen molar-refractivity contribution >= 4 is 50.5 Å². The van der Waals surface area contributed by atoms with Crippen LogP contribution in [0.15, 0.2) is 65.6 Å². The fourth-order valence-electron chi connectivity index (χ4n) is 4.11. The summed E-state index contributed by atoms with van der Waals surface area (Å²) in [7, 11) is -3.96. The molecule has 1 aliphatic rings. The van der Waals surface area contributed by atoms with Crippen LogP contribution in [-0.4, -0.2) is 44.3 Å². The number of nitrogens with one attached hydrogen (secondary N) is 1. The van der Waals surface area contributed by atoms with Crippen LogP contribution >= 0.6 is 23.2 Å². The topological polar surface area (TPSA) is 69.7 Å². The molecule has 0 saturated carbocycles. The highest BCUT2D eigenvalue weighted by Gasteiger charge is 2.33. The van der Waals surface area contributed by atoms with Crippen LogP contribution in [0.4, 0.5) is 15.8 Å². The van der Waals surface area contributed by atoms with Gasteiger partial charge in [-0.3, -0.25) is 4.79 Å². The lowest BCUT2D eigenvalue weighted by molar-refractivity contribution is 0.102. The predicted molar refractivity (Wildman–Crippen MR) is 138 cm³/mol. The molecule has 4 rings (SSSR count). The Balaban J connectivity index is 1.55. The second-order valence-corrected chi connectivity index (χ2v) is 11.2. The van der Waals surface area contributed by atoms with Crippen molar-refractivity contribution < 1.29 is 17.6 Å². The van der Waals surface area contributed by atoms with E-state index >= 15 is 0 Å². The summed E-state index contributed by atoms with van der Waals surface area (Å²) in [5, 5.41) is 2.82. The molecule has 1 aliphatic heterocycles. The molecule has 3 aromatic rings. The van der Waals surface area contributed by atoms with E-state index in [-0.39, 0.29) is 39.8 Å². The number of benzene rings is 3. The van der Waals surface area contributed by atoms with Gasteiger partial charge in [0.15, 0.2) is 0 Å². The molecule has 1 heterocycles. The zero-order valence-electron chi connectivity index (χ0n) is 19.1. The largest absolute Gasteiger partial charge is 0.366 e. The van der Waals surface area contributed by atoms with E-state index in [1.54, 1.807) is 12.1 Å². The maximum absolute atomic E-state index is 14.5. The summed E-state index contributed by atoms with van der Waals surface area (Å²) in [6.45, 7) is 5.00. The third-order valence-electron chi connectivity index (χ3n) is 5.94. The summed E-state index contributed by atoms with van der Waals surface area (Å²) in [6.07, 6.45) is 0. The van der Waals surface area contributed by atoms with Gasteiger partial charge in [-0.05, 0) is 61.9 Å². The van der Waals surface area contributed by atoms with Gasteiger partial charge in [-0.1, -0.05) is 41.4 Å². The van der Waals surface area contributed by atoms with Gasteiger partial charge < -0.3 is 10.2 Å². The summed E-state index contributed by atoms with van der Waals surface area (Å²) >= 11 is 12.1. The second kappa shape index (κ2) is 10.1. The number of anilines is 2. The molecule has 0 radical (unpaired) electrons. The molecule has 0 unspecified atom stereocenters. The Morgan fingerprint density at radius 2 is 1.80 bits per heavy atom. The standard InChI is InChI=1S/C25H24Cl2FN3O3S/c1-16-5-3-6-18(13-16)31-12-11-30(15-17(31)2)35(33,34)19-9-10-22(28)20(14-19)25(32)29-23-8-4-7-21(26)24(23)27/h3-10,13-14,17H,11-12,15H2,1-2H3,(H,29,32)/t17-/m0/s1. The Labute approximate surface area is 214 Å². The number of sulfonamides is 1. The van der Waals surface area contributed by atoms with Crippen molar-refractivity contribution in [2.45, 2.75) is 24.8 Å². The smallest absolute Gasteiger partial charge is 0.258 e. The number of piperazine rings is 1. The third kappa shape index (κ3) is 5.30. The van der Waals surface area contributed by atoms with Crippen LogP contribution in [0.2, 0.25) is 10.0 Å². The second-order valence-electron chi connectivity index (χ2n) is 8.44. The quantitative estimate of drug-likeness (QED) is 0.462. The van der Waals surface area contributed by atoms with Crippen LogP contribution in [0.25, 0.3) is 0 Å². The van der Waals surface area contributed by atoms with E-state index in [1.165, 1.54) is 16.4 Å². The van der Waals surface area contributed by atoms with Gasteiger partial charge in [0.2, 0.25) is 10.0 Å². The van der Waals surface area contributed by atoms with Gasteiger partial charge in [-0.15, -0.1) is 0 Å². The minimum Gasteiger partial charge on any atom is -0.366 e. The van der Waals surface area contributed by atoms with Crippen LogP contribution in [0.5, 0.6) is 0 Å². The molecule has 3 aromatic carbocycles. The average Bonchev–Trinajstić information content (AvgIpc) is 2.82. The zero-order chi connectivity index (χ0) is 25.3. The summed E-state index contributed by atoms with van der Waals surface area (Å²) in [5.41, 5.74) is 1.95. The van der Waals surface area contributed by atoms with E-state index in [4.69, 9.17) is 23.2 Å². The molecule has 1 amide bonds. The maximum atomic E-state index is 14.5. The molecular formula is C25H24Cl2FN3O3S. The Morgan fingerprint density at radius 3 is 2.51 bits per heavy atom. The molecule has 1 saturated heterocycles. The van der Waals surface area contributed by atoms with Crippen molar-refractivity contribution in [3.63, 3.8) is 0 Å². The lowest BCUT2D eigenvalue weighted by atomic mass is 10.1.